The molecule has 0 saturated heterocycles. The van der Waals surface area contributed by atoms with Crippen molar-refractivity contribution >= 4 is 17.5 Å². The zero-order valence-corrected chi connectivity index (χ0v) is 14.4. The predicted octanol–water partition coefficient (Wildman–Crippen LogP) is 2.97. The highest BCUT2D eigenvalue weighted by Crippen LogP contribution is 2.27. The molecule has 6 heteroatoms. The first-order valence-corrected chi connectivity index (χ1v) is 8.69. The molecule has 4 N–H and O–H groups in total. The highest BCUT2D eigenvalue weighted by molar-refractivity contribution is 6.04. The number of hydrogen-bond acceptors (Lipinski definition) is 3. The van der Waals surface area contributed by atoms with Gasteiger partial charge in [0.1, 0.15) is 5.82 Å². The number of anilines is 1. The van der Waals surface area contributed by atoms with Gasteiger partial charge < -0.3 is 16.4 Å². The zero-order chi connectivity index (χ0) is 18.6. The normalized spacial score (nSPS) is 15.5. The van der Waals surface area contributed by atoms with E-state index in [0.717, 1.165) is 18.4 Å². The second kappa shape index (κ2) is 7.66. The number of carbonyl (C=O) groups excluding carboxylic acids is 2. The minimum Gasteiger partial charge on any atom is -0.350 e. The van der Waals surface area contributed by atoms with Crippen LogP contribution in [0, 0.1) is 5.82 Å². The molecular weight excluding hydrogens is 333 g/mol. The maximum Gasteiger partial charge on any atom is 0.255 e. The van der Waals surface area contributed by atoms with E-state index < -0.39 is 17.3 Å². The smallest absolute Gasteiger partial charge is 0.255 e. The summed E-state index contributed by atoms with van der Waals surface area (Å²) in [5.41, 5.74) is 7.05. The fourth-order valence-corrected chi connectivity index (χ4v) is 3.18. The molecule has 0 heterocycles. The molecule has 2 aromatic carbocycles. The third-order valence-electron chi connectivity index (χ3n) is 4.67. The lowest BCUT2D eigenvalue weighted by molar-refractivity contribution is -0.126. The van der Waals surface area contributed by atoms with Crippen molar-refractivity contribution in [1.82, 2.24) is 5.32 Å². The fourth-order valence-electron chi connectivity index (χ4n) is 3.18. The topological polar surface area (TPSA) is 84.2 Å². The molecule has 2 aromatic rings. The van der Waals surface area contributed by atoms with Gasteiger partial charge in [-0.1, -0.05) is 31.0 Å². The Kier molecular flexibility index (Phi) is 5.32. The van der Waals surface area contributed by atoms with Crippen molar-refractivity contribution in [3.63, 3.8) is 0 Å². The standard InChI is InChI=1S/C20H22FN3O2/c21-16-7-4-6-15(12-16)18(25)24-17-8-3-5-14(11-17)13-23-19(26)20(22)9-1-2-10-20/h3-8,11-12H,1-2,9-10,13,22H2,(H,23,26)(H,24,25). The average Bonchev–Trinajstić information content (AvgIpc) is 3.08. The molecule has 2 amide bonds. The van der Waals surface area contributed by atoms with Crippen molar-refractivity contribution in [3.05, 3.63) is 65.5 Å². The van der Waals surface area contributed by atoms with Crippen LogP contribution < -0.4 is 16.4 Å². The zero-order valence-electron chi connectivity index (χ0n) is 14.4. The van der Waals surface area contributed by atoms with Crippen LogP contribution in [0.3, 0.4) is 0 Å². The summed E-state index contributed by atoms with van der Waals surface area (Å²) in [6.45, 7) is 0.335. The maximum atomic E-state index is 13.2. The van der Waals surface area contributed by atoms with Gasteiger partial charge in [-0.3, -0.25) is 9.59 Å². The molecule has 0 radical (unpaired) electrons. The van der Waals surface area contributed by atoms with Crippen LogP contribution in [-0.4, -0.2) is 17.4 Å². The first kappa shape index (κ1) is 18.1. The van der Waals surface area contributed by atoms with Crippen LogP contribution in [0.5, 0.6) is 0 Å². The van der Waals surface area contributed by atoms with Crippen molar-refractivity contribution in [1.29, 1.82) is 0 Å². The molecule has 26 heavy (non-hydrogen) atoms. The summed E-state index contributed by atoms with van der Waals surface area (Å²) >= 11 is 0. The quantitative estimate of drug-likeness (QED) is 0.771. The molecule has 0 aromatic heterocycles. The lowest BCUT2D eigenvalue weighted by Crippen LogP contribution is -2.51. The Bertz CT molecular complexity index is 816. The summed E-state index contributed by atoms with van der Waals surface area (Å²) in [5.74, 6) is -0.988. The van der Waals surface area contributed by atoms with E-state index >= 15 is 0 Å². The Morgan fingerprint density at radius 2 is 1.81 bits per heavy atom. The van der Waals surface area contributed by atoms with Crippen LogP contribution in [0.2, 0.25) is 0 Å². The van der Waals surface area contributed by atoms with Crippen molar-refractivity contribution in [2.45, 2.75) is 37.8 Å². The van der Waals surface area contributed by atoms with Crippen LogP contribution >= 0.6 is 0 Å². The van der Waals surface area contributed by atoms with E-state index in [1.165, 1.54) is 18.2 Å². The predicted molar refractivity (Wildman–Crippen MR) is 98.0 cm³/mol. The Hall–Kier alpha value is -2.73. The van der Waals surface area contributed by atoms with Crippen LogP contribution in [-0.2, 0) is 11.3 Å². The third-order valence-corrected chi connectivity index (χ3v) is 4.67. The molecule has 0 spiro atoms. The van der Waals surface area contributed by atoms with E-state index in [1.807, 2.05) is 6.07 Å². The Balaban J connectivity index is 1.61. The molecule has 5 nitrogen and oxygen atoms in total. The highest BCUT2D eigenvalue weighted by Gasteiger charge is 2.36. The van der Waals surface area contributed by atoms with E-state index in [1.54, 1.807) is 24.3 Å². The number of nitrogens with one attached hydrogen (secondary N) is 2. The fraction of sp³-hybridized carbons (Fsp3) is 0.300. The number of nitrogens with two attached hydrogens (primary N) is 1. The molecule has 1 aliphatic carbocycles. The van der Waals surface area contributed by atoms with E-state index in [4.69, 9.17) is 5.73 Å². The van der Waals surface area contributed by atoms with E-state index in [0.29, 0.717) is 25.1 Å². The lowest BCUT2D eigenvalue weighted by atomic mass is 9.98. The van der Waals surface area contributed by atoms with E-state index in [9.17, 15) is 14.0 Å². The Morgan fingerprint density at radius 3 is 2.54 bits per heavy atom. The van der Waals surface area contributed by atoms with Crippen LogP contribution in [0.4, 0.5) is 10.1 Å². The number of carbonyl (C=O) groups is 2. The van der Waals surface area contributed by atoms with Gasteiger partial charge in [0.25, 0.3) is 5.91 Å². The van der Waals surface area contributed by atoms with Gasteiger partial charge in [-0.15, -0.1) is 0 Å². The molecule has 1 aliphatic rings. The first-order chi connectivity index (χ1) is 12.5. The number of halogens is 1. The van der Waals surface area contributed by atoms with Crippen molar-refractivity contribution in [2.24, 2.45) is 5.73 Å². The summed E-state index contributed by atoms with van der Waals surface area (Å²) in [6, 6.07) is 12.7. The largest absolute Gasteiger partial charge is 0.350 e. The second-order valence-electron chi connectivity index (χ2n) is 6.71. The molecule has 1 fully saturated rings. The van der Waals surface area contributed by atoms with Gasteiger partial charge >= 0.3 is 0 Å². The highest BCUT2D eigenvalue weighted by atomic mass is 19.1. The summed E-state index contributed by atoms with van der Waals surface area (Å²) in [6.07, 6.45) is 3.38. The number of amides is 2. The van der Waals surface area contributed by atoms with Gasteiger partial charge in [-0.05, 0) is 48.7 Å². The average molecular weight is 355 g/mol. The monoisotopic (exact) mass is 355 g/mol. The molecule has 0 aliphatic heterocycles. The van der Waals surface area contributed by atoms with Crippen LogP contribution in [0.25, 0.3) is 0 Å². The number of hydrogen-bond donors (Lipinski definition) is 3. The molecular formula is C20H22FN3O2. The molecule has 0 atom stereocenters. The molecule has 1 saturated carbocycles. The van der Waals surface area contributed by atoms with Gasteiger partial charge in [0, 0.05) is 17.8 Å². The van der Waals surface area contributed by atoms with Crippen LogP contribution in [0.15, 0.2) is 48.5 Å². The van der Waals surface area contributed by atoms with E-state index in [2.05, 4.69) is 10.6 Å². The number of benzene rings is 2. The first-order valence-electron chi connectivity index (χ1n) is 8.69. The van der Waals surface area contributed by atoms with Crippen molar-refractivity contribution in [2.75, 3.05) is 5.32 Å². The van der Waals surface area contributed by atoms with Gasteiger partial charge in [-0.25, -0.2) is 4.39 Å². The minimum absolute atomic E-state index is 0.135. The molecule has 0 unspecified atom stereocenters. The van der Waals surface area contributed by atoms with E-state index in [-0.39, 0.29) is 11.5 Å². The summed E-state index contributed by atoms with van der Waals surface area (Å²) in [4.78, 5) is 24.5. The molecule has 3 rings (SSSR count). The lowest BCUT2D eigenvalue weighted by Gasteiger charge is -2.22. The Labute approximate surface area is 151 Å². The third kappa shape index (κ3) is 4.26. The SMILES string of the molecule is NC1(C(=O)NCc2cccc(NC(=O)c3cccc(F)c3)c2)CCCC1. The number of rotatable bonds is 5. The minimum atomic E-state index is -0.761. The van der Waals surface area contributed by atoms with Gasteiger partial charge in [-0.2, -0.15) is 0 Å². The van der Waals surface area contributed by atoms with Gasteiger partial charge in [0.05, 0.1) is 5.54 Å². The van der Waals surface area contributed by atoms with Crippen molar-refractivity contribution < 1.29 is 14.0 Å². The van der Waals surface area contributed by atoms with Crippen LogP contribution in [0.1, 0.15) is 41.6 Å². The summed E-state index contributed by atoms with van der Waals surface area (Å²) in [7, 11) is 0. The van der Waals surface area contributed by atoms with Crippen molar-refractivity contribution in [3.8, 4) is 0 Å². The summed E-state index contributed by atoms with van der Waals surface area (Å²) in [5, 5.41) is 5.61. The molecule has 0 bridgehead atoms. The second-order valence-corrected chi connectivity index (χ2v) is 6.71. The van der Waals surface area contributed by atoms with Gasteiger partial charge in [0.15, 0.2) is 0 Å². The summed E-state index contributed by atoms with van der Waals surface area (Å²) < 4.78 is 13.2. The maximum absolute atomic E-state index is 13.2. The Morgan fingerprint density at radius 1 is 1.08 bits per heavy atom. The molecule has 136 valence electrons. The van der Waals surface area contributed by atoms with Gasteiger partial charge in [0.2, 0.25) is 5.91 Å².